The molecule has 1 rings (SSSR count). The summed E-state index contributed by atoms with van der Waals surface area (Å²) in [5, 5.41) is 13.1. The molecule has 0 saturated heterocycles. The Hall–Kier alpha value is -0.120. The lowest BCUT2D eigenvalue weighted by atomic mass is 9.95. The number of rotatable bonds is 13. The van der Waals surface area contributed by atoms with Gasteiger partial charge in [-0.3, -0.25) is 0 Å². The van der Waals surface area contributed by atoms with E-state index in [1.807, 2.05) is 0 Å². The van der Waals surface area contributed by atoms with Crippen molar-refractivity contribution in [1.29, 1.82) is 0 Å². The number of hydrogen-bond acceptors (Lipinski definition) is 3. The summed E-state index contributed by atoms with van der Waals surface area (Å²) in [5.41, 5.74) is -0.0795. The van der Waals surface area contributed by atoms with Crippen LogP contribution in [0, 0.1) is 0 Å². The number of aliphatic hydroxyl groups excluding tert-OH is 1. The minimum atomic E-state index is -0.0795. The number of hydrogen-bond donors (Lipinski definition) is 2. The molecule has 0 aliphatic heterocycles. The summed E-state index contributed by atoms with van der Waals surface area (Å²) in [7, 11) is 0. The number of unbranched alkanes of at least 4 members (excludes halogenated alkanes) is 2. The van der Waals surface area contributed by atoms with Gasteiger partial charge in [0.25, 0.3) is 0 Å². The average molecular weight is 284 g/mol. The van der Waals surface area contributed by atoms with Gasteiger partial charge in [-0.25, -0.2) is 0 Å². The third-order valence-electron chi connectivity index (χ3n) is 4.44. The van der Waals surface area contributed by atoms with Crippen LogP contribution < -0.4 is 5.32 Å². The zero-order valence-electron chi connectivity index (χ0n) is 14.0. The lowest BCUT2D eigenvalue weighted by Crippen LogP contribution is -2.46. The quantitative estimate of drug-likeness (QED) is 0.510. The second-order valence-electron chi connectivity index (χ2n) is 6.72. The summed E-state index contributed by atoms with van der Waals surface area (Å²) in [6, 6.07) is 0.893. The Balaban J connectivity index is 2.17. The maximum atomic E-state index is 9.56. The molecular formula is C17H36N2O. The van der Waals surface area contributed by atoms with Crippen molar-refractivity contribution >= 4 is 0 Å². The van der Waals surface area contributed by atoms with Crippen LogP contribution in [0.2, 0.25) is 0 Å². The highest BCUT2D eigenvalue weighted by Crippen LogP contribution is 2.27. The number of aliphatic hydroxyl groups is 1. The van der Waals surface area contributed by atoms with Gasteiger partial charge in [0.05, 0.1) is 6.61 Å². The molecule has 1 aliphatic carbocycles. The highest BCUT2D eigenvalue weighted by molar-refractivity contribution is 4.85. The molecule has 1 aliphatic rings. The van der Waals surface area contributed by atoms with E-state index in [0.29, 0.717) is 0 Å². The summed E-state index contributed by atoms with van der Waals surface area (Å²) in [5.74, 6) is 0. The van der Waals surface area contributed by atoms with Crippen LogP contribution in [-0.2, 0) is 0 Å². The topological polar surface area (TPSA) is 35.5 Å². The molecule has 1 atom stereocenters. The van der Waals surface area contributed by atoms with Gasteiger partial charge in [-0.1, -0.05) is 26.7 Å². The van der Waals surface area contributed by atoms with Gasteiger partial charge in [-0.2, -0.15) is 0 Å². The third-order valence-corrected chi connectivity index (χ3v) is 4.44. The largest absolute Gasteiger partial charge is 0.394 e. The zero-order chi connectivity index (χ0) is 14.8. The monoisotopic (exact) mass is 284 g/mol. The Labute approximate surface area is 126 Å². The van der Waals surface area contributed by atoms with Crippen LogP contribution in [0.15, 0.2) is 0 Å². The highest BCUT2D eigenvalue weighted by atomic mass is 16.3. The van der Waals surface area contributed by atoms with E-state index in [1.54, 1.807) is 0 Å². The molecule has 0 spiro atoms. The van der Waals surface area contributed by atoms with Crippen molar-refractivity contribution in [3.05, 3.63) is 0 Å². The predicted molar refractivity (Wildman–Crippen MR) is 87.1 cm³/mol. The minimum absolute atomic E-state index is 0.0795. The molecule has 0 aromatic rings. The van der Waals surface area contributed by atoms with Crippen LogP contribution in [0.25, 0.3) is 0 Å². The third kappa shape index (κ3) is 7.05. The van der Waals surface area contributed by atoms with Crippen LogP contribution in [0.4, 0.5) is 0 Å². The van der Waals surface area contributed by atoms with E-state index in [0.717, 1.165) is 25.4 Å². The van der Waals surface area contributed by atoms with Crippen LogP contribution in [-0.4, -0.2) is 47.8 Å². The fourth-order valence-electron chi connectivity index (χ4n) is 2.76. The Morgan fingerprint density at radius 3 is 2.35 bits per heavy atom. The van der Waals surface area contributed by atoms with Crippen molar-refractivity contribution in [2.24, 2.45) is 0 Å². The fraction of sp³-hybridized carbons (Fsp3) is 1.00. The second-order valence-corrected chi connectivity index (χ2v) is 6.72. The van der Waals surface area contributed by atoms with Gasteiger partial charge in [-0.15, -0.1) is 0 Å². The van der Waals surface area contributed by atoms with E-state index in [-0.39, 0.29) is 12.1 Å². The average Bonchev–Trinajstić information content (AvgIpc) is 3.29. The first-order chi connectivity index (χ1) is 9.65. The van der Waals surface area contributed by atoms with Crippen LogP contribution in [0.1, 0.15) is 72.1 Å². The lowest BCUT2D eigenvalue weighted by molar-refractivity contribution is 0.160. The SMILES string of the molecule is CCCCN(CCCCC(C)(CO)NCCC)C1CC1. The molecule has 0 bridgehead atoms. The zero-order valence-corrected chi connectivity index (χ0v) is 14.0. The molecule has 0 aromatic heterocycles. The van der Waals surface area contributed by atoms with Gasteiger partial charge in [0.2, 0.25) is 0 Å². The molecule has 0 aromatic carbocycles. The van der Waals surface area contributed by atoms with Crippen LogP contribution in [0.3, 0.4) is 0 Å². The Morgan fingerprint density at radius 2 is 1.80 bits per heavy atom. The molecular weight excluding hydrogens is 248 g/mol. The summed E-state index contributed by atoms with van der Waals surface area (Å²) in [4.78, 5) is 2.69. The number of nitrogens with one attached hydrogen (secondary N) is 1. The Bertz CT molecular complexity index is 243. The Kier molecular flexibility index (Phi) is 8.74. The first-order valence-corrected chi connectivity index (χ1v) is 8.75. The van der Waals surface area contributed by atoms with Gasteiger partial charge >= 0.3 is 0 Å². The van der Waals surface area contributed by atoms with Gasteiger partial charge in [0.1, 0.15) is 0 Å². The summed E-state index contributed by atoms with van der Waals surface area (Å²) >= 11 is 0. The van der Waals surface area contributed by atoms with Gasteiger partial charge in [0, 0.05) is 11.6 Å². The molecule has 0 heterocycles. The van der Waals surface area contributed by atoms with E-state index in [9.17, 15) is 5.11 Å². The fourth-order valence-corrected chi connectivity index (χ4v) is 2.76. The van der Waals surface area contributed by atoms with E-state index >= 15 is 0 Å². The maximum absolute atomic E-state index is 9.56. The molecule has 120 valence electrons. The van der Waals surface area contributed by atoms with Crippen molar-refractivity contribution in [1.82, 2.24) is 10.2 Å². The predicted octanol–water partition coefficient (Wildman–Crippen LogP) is 3.17. The molecule has 0 amide bonds. The normalized spacial score (nSPS) is 18.4. The smallest absolute Gasteiger partial charge is 0.0610 e. The molecule has 1 saturated carbocycles. The van der Waals surface area contributed by atoms with E-state index in [4.69, 9.17) is 0 Å². The Morgan fingerprint density at radius 1 is 1.10 bits per heavy atom. The summed E-state index contributed by atoms with van der Waals surface area (Å²) in [6.45, 7) is 10.4. The van der Waals surface area contributed by atoms with Crippen molar-refractivity contribution in [3.63, 3.8) is 0 Å². The second kappa shape index (κ2) is 9.75. The van der Waals surface area contributed by atoms with Crippen molar-refractivity contribution in [2.45, 2.75) is 83.7 Å². The molecule has 2 N–H and O–H groups in total. The first kappa shape index (κ1) is 17.9. The van der Waals surface area contributed by atoms with Gasteiger partial charge in [-0.05, 0) is 65.1 Å². The van der Waals surface area contributed by atoms with Crippen molar-refractivity contribution in [2.75, 3.05) is 26.2 Å². The molecule has 0 radical (unpaired) electrons. The van der Waals surface area contributed by atoms with E-state index < -0.39 is 0 Å². The van der Waals surface area contributed by atoms with Crippen LogP contribution >= 0.6 is 0 Å². The first-order valence-electron chi connectivity index (χ1n) is 8.75. The lowest BCUT2D eigenvalue weighted by Gasteiger charge is -2.29. The molecule has 1 fully saturated rings. The molecule has 20 heavy (non-hydrogen) atoms. The van der Waals surface area contributed by atoms with E-state index in [1.165, 1.54) is 51.6 Å². The molecule has 3 nitrogen and oxygen atoms in total. The number of nitrogens with zero attached hydrogens (tertiary/aromatic N) is 1. The molecule has 3 heteroatoms. The van der Waals surface area contributed by atoms with E-state index in [2.05, 4.69) is 31.0 Å². The standard InChI is InChI=1S/C17H36N2O/c1-4-6-13-19(16-9-10-16)14-8-7-11-17(3,15-20)18-12-5-2/h16,18,20H,4-15H2,1-3H3. The molecule has 1 unspecified atom stereocenters. The van der Waals surface area contributed by atoms with Crippen molar-refractivity contribution in [3.8, 4) is 0 Å². The van der Waals surface area contributed by atoms with Crippen LogP contribution in [0.5, 0.6) is 0 Å². The van der Waals surface area contributed by atoms with Gasteiger partial charge < -0.3 is 15.3 Å². The highest BCUT2D eigenvalue weighted by Gasteiger charge is 2.28. The minimum Gasteiger partial charge on any atom is -0.394 e. The summed E-state index contributed by atoms with van der Waals surface area (Å²) < 4.78 is 0. The summed E-state index contributed by atoms with van der Waals surface area (Å²) in [6.07, 6.45) is 10.1. The maximum Gasteiger partial charge on any atom is 0.0610 e. The van der Waals surface area contributed by atoms with Crippen molar-refractivity contribution < 1.29 is 5.11 Å². The van der Waals surface area contributed by atoms with Gasteiger partial charge in [0.15, 0.2) is 0 Å².